The van der Waals surface area contributed by atoms with Gasteiger partial charge in [0.2, 0.25) is 0 Å². The molecule has 1 aromatic heterocycles. The summed E-state index contributed by atoms with van der Waals surface area (Å²) in [5.41, 5.74) is 3.52. The molecular formula is C23H24FN5O. The van der Waals surface area contributed by atoms with Crippen molar-refractivity contribution < 1.29 is 9.18 Å². The van der Waals surface area contributed by atoms with Crippen LogP contribution >= 0.6 is 0 Å². The Morgan fingerprint density at radius 1 is 1.07 bits per heavy atom. The lowest BCUT2D eigenvalue weighted by atomic mass is 9.87. The van der Waals surface area contributed by atoms with Gasteiger partial charge < -0.3 is 10.2 Å². The van der Waals surface area contributed by atoms with Gasteiger partial charge in [0.1, 0.15) is 5.82 Å². The Kier molecular flexibility index (Phi) is 4.75. The minimum atomic E-state index is -0.273. The number of rotatable bonds is 4. The number of anilines is 1. The Morgan fingerprint density at radius 2 is 1.87 bits per heavy atom. The molecule has 2 aliphatic heterocycles. The number of amides is 2. The van der Waals surface area contributed by atoms with Gasteiger partial charge in [0.25, 0.3) is 0 Å². The lowest BCUT2D eigenvalue weighted by Gasteiger charge is -2.40. The highest BCUT2D eigenvalue weighted by Gasteiger charge is 2.50. The molecule has 2 amide bonds. The topological polar surface area (TPSA) is 64.3 Å². The molecule has 5 rings (SSSR count). The Balaban J connectivity index is 1.44. The quantitative estimate of drug-likeness (QED) is 0.694. The molecule has 3 heterocycles. The van der Waals surface area contributed by atoms with Crippen LogP contribution in [0.2, 0.25) is 0 Å². The number of carbonyl (C=O) groups excluding carboxylic acids is 1. The number of carbonyl (C=O) groups is 1. The summed E-state index contributed by atoms with van der Waals surface area (Å²) in [5, 5.41) is 10.2. The van der Waals surface area contributed by atoms with Gasteiger partial charge in [-0.3, -0.25) is 10.00 Å². The van der Waals surface area contributed by atoms with E-state index in [0.717, 1.165) is 48.3 Å². The van der Waals surface area contributed by atoms with Crippen LogP contribution in [0.5, 0.6) is 0 Å². The zero-order valence-corrected chi connectivity index (χ0v) is 16.6. The number of benzene rings is 2. The van der Waals surface area contributed by atoms with E-state index in [1.54, 1.807) is 12.3 Å². The molecule has 0 unspecified atom stereocenters. The highest BCUT2D eigenvalue weighted by molar-refractivity contribution is 5.95. The first-order chi connectivity index (χ1) is 14.6. The Morgan fingerprint density at radius 3 is 2.57 bits per heavy atom. The van der Waals surface area contributed by atoms with E-state index in [0.29, 0.717) is 13.1 Å². The van der Waals surface area contributed by atoms with Crippen molar-refractivity contribution in [1.82, 2.24) is 20.4 Å². The van der Waals surface area contributed by atoms with Gasteiger partial charge in [0.15, 0.2) is 0 Å². The number of piperidine rings is 1. The van der Waals surface area contributed by atoms with Gasteiger partial charge in [-0.15, -0.1) is 0 Å². The van der Waals surface area contributed by atoms with Gasteiger partial charge in [-0.1, -0.05) is 24.3 Å². The molecule has 2 N–H and O–H groups in total. The summed E-state index contributed by atoms with van der Waals surface area (Å²) in [5.74, 6) is -0.273. The summed E-state index contributed by atoms with van der Waals surface area (Å²) in [7, 11) is 0. The number of urea groups is 1. The maximum absolute atomic E-state index is 13.7. The molecule has 0 bridgehead atoms. The van der Waals surface area contributed by atoms with E-state index in [-0.39, 0.29) is 17.4 Å². The fourth-order valence-electron chi connectivity index (χ4n) is 4.61. The lowest BCUT2D eigenvalue weighted by Crippen LogP contribution is -2.53. The van der Waals surface area contributed by atoms with Crippen LogP contribution in [0.4, 0.5) is 14.9 Å². The molecule has 30 heavy (non-hydrogen) atoms. The van der Waals surface area contributed by atoms with Gasteiger partial charge in [0.05, 0.1) is 18.3 Å². The van der Waals surface area contributed by atoms with Crippen molar-refractivity contribution in [2.24, 2.45) is 0 Å². The summed E-state index contributed by atoms with van der Waals surface area (Å²) >= 11 is 0. The fourth-order valence-corrected chi connectivity index (χ4v) is 4.61. The number of nitrogens with zero attached hydrogens (tertiary/aromatic N) is 3. The number of H-pyrrole nitrogens is 1. The number of aromatic nitrogens is 2. The van der Waals surface area contributed by atoms with Crippen molar-refractivity contribution in [3.05, 3.63) is 72.3 Å². The highest BCUT2D eigenvalue weighted by Crippen LogP contribution is 2.38. The maximum atomic E-state index is 13.7. The summed E-state index contributed by atoms with van der Waals surface area (Å²) in [4.78, 5) is 17.3. The molecule has 0 aliphatic carbocycles. The van der Waals surface area contributed by atoms with E-state index in [4.69, 9.17) is 0 Å². The molecule has 154 valence electrons. The Labute approximate surface area is 174 Å². The number of aromatic amines is 1. The fraction of sp³-hybridized carbons (Fsp3) is 0.304. The normalized spacial score (nSPS) is 18.4. The lowest BCUT2D eigenvalue weighted by molar-refractivity contribution is 0.119. The van der Waals surface area contributed by atoms with Crippen LogP contribution in [-0.4, -0.2) is 46.3 Å². The molecule has 6 nitrogen and oxygen atoms in total. The van der Waals surface area contributed by atoms with Crippen LogP contribution in [-0.2, 0) is 6.54 Å². The smallest absolute Gasteiger partial charge is 0.317 e. The van der Waals surface area contributed by atoms with Crippen molar-refractivity contribution in [1.29, 1.82) is 0 Å². The maximum Gasteiger partial charge on any atom is 0.325 e. The van der Waals surface area contributed by atoms with E-state index in [1.807, 2.05) is 46.3 Å². The number of halogens is 1. The number of hydrogen-bond acceptors (Lipinski definition) is 3. The van der Waals surface area contributed by atoms with E-state index in [1.165, 1.54) is 12.1 Å². The van der Waals surface area contributed by atoms with E-state index < -0.39 is 0 Å². The minimum absolute atomic E-state index is 0.0165. The molecule has 1 spiro atoms. The molecule has 2 fully saturated rings. The zero-order valence-electron chi connectivity index (χ0n) is 16.6. The van der Waals surface area contributed by atoms with Gasteiger partial charge >= 0.3 is 6.03 Å². The molecule has 2 aromatic carbocycles. The Hall–Kier alpha value is -3.19. The van der Waals surface area contributed by atoms with Gasteiger partial charge in [-0.25, -0.2) is 9.18 Å². The average molecular weight is 405 g/mol. The molecule has 3 aromatic rings. The van der Waals surface area contributed by atoms with Crippen molar-refractivity contribution >= 4 is 11.7 Å². The second-order valence-electron chi connectivity index (χ2n) is 8.09. The first-order valence-electron chi connectivity index (χ1n) is 10.3. The third kappa shape index (κ3) is 3.35. The van der Waals surface area contributed by atoms with Crippen LogP contribution in [0.1, 0.15) is 18.4 Å². The molecule has 0 radical (unpaired) electrons. The predicted molar refractivity (Wildman–Crippen MR) is 114 cm³/mol. The number of nitrogens with one attached hydrogen (secondary N) is 2. The van der Waals surface area contributed by atoms with Gasteiger partial charge in [-0.05, 0) is 61.3 Å². The summed E-state index contributed by atoms with van der Waals surface area (Å²) in [6.07, 6.45) is 5.40. The molecule has 0 saturated carbocycles. The monoisotopic (exact) mass is 405 g/mol. The second kappa shape index (κ2) is 7.57. The second-order valence-corrected chi connectivity index (χ2v) is 8.09. The largest absolute Gasteiger partial charge is 0.325 e. The van der Waals surface area contributed by atoms with Crippen molar-refractivity contribution in [3.8, 4) is 11.1 Å². The summed E-state index contributed by atoms with van der Waals surface area (Å²) in [6.45, 7) is 2.81. The van der Waals surface area contributed by atoms with Crippen molar-refractivity contribution in [2.45, 2.75) is 24.9 Å². The zero-order chi connectivity index (χ0) is 20.6. The Bertz CT molecular complexity index is 1030. The molecule has 0 atom stereocenters. The van der Waals surface area contributed by atoms with E-state index >= 15 is 0 Å². The highest BCUT2D eigenvalue weighted by atomic mass is 19.1. The van der Waals surface area contributed by atoms with E-state index in [9.17, 15) is 9.18 Å². The van der Waals surface area contributed by atoms with E-state index in [2.05, 4.69) is 15.5 Å². The summed E-state index contributed by atoms with van der Waals surface area (Å²) in [6, 6.07) is 14.5. The minimum Gasteiger partial charge on any atom is -0.317 e. The third-order valence-corrected chi connectivity index (χ3v) is 6.26. The van der Waals surface area contributed by atoms with Crippen LogP contribution in [0.25, 0.3) is 11.1 Å². The van der Waals surface area contributed by atoms with Gasteiger partial charge in [-0.2, -0.15) is 5.10 Å². The predicted octanol–water partition coefficient (Wildman–Crippen LogP) is 3.78. The van der Waals surface area contributed by atoms with Crippen LogP contribution in [0, 0.1) is 5.82 Å². The third-order valence-electron chi connectivity index (χ3n) is 6.26. The first kappa shape index (κ1) is 18.8. The molecule has 2 aliphatic rings. The SMILES string of the molecule is O=C1N(c2ccc(-c3cn[nH]c3)cc2)CC2(CCNCC2)N1Cc1cccc(F)c1. The van der Waals surface area contributed by atoms with Crippen molar-refractivity contribution in [3.63, 3.8) is 0 Å². The first-order valence-corrected chi connectivity index (χ1v) is 10.3. The van der Waals surface area contributed by atoms with Crippen LogP contribution in [0.3, 0.4) is 0 Å². The van der Waals surface area contributed by atoms with Gasteiger partial charge in [0, 0.05) is 24.0 Å². The van der Waals surface area contributed by atoms with Crippen molar-refractivity contribution in [2.75, 3.05) is 24.5 Å². The molecule has 7 heteroatoms. The number of hydrogen-bond donors (Lipinski definition) is 2. The molecular weight excluding hydrogens is 381 g/mol. The summed E-state index contributed by atoms with van der Waals surface area (Å²) < 4.78 is 13.7. The average Bonchev–Trinajstić information content (AvgIpc) is 3.39. The standard InChI is InChI=1S/C23H24FN5O/c24-20-3-1-2-17(12-20)15-29-22(30)28(16-23(29)8-10-25-11-9-23)21-6-4-18(5-7-21)19-13-26-27-14-19/h1-7,12-14,25H,8-11,15-16H2,(H,26,27). The molecule has 2 saturated heterocycles. The van der Waals surface area contributed by atoms with Crippen LogP contribution < -0.4 is 10.2 Å². The van der Waals surface area contributed by atoms with Crippen LogP contribution in [0.15, 0.2) is 60.9 Å².